The number of piperazine rings is 1. The van der Waals surface area contributed by atoms with E-state index in [2.05, 4.69) is 0 Å². The molecule has 1 fully saturated rings. The molecular formula is C19H27N3O4. The maximum absolute atomic E-state index is 12.5. The lowest BCUT2D eigenvalue weighted by Gasteiger charge is -2.34. The minimum atomic E-state index is -0.332. The first-order valence-corrected chi connectivity index (χ1v) is 8.97. The number of nitrogens with zero attached hydrogens (tertiary/aromatic N) is 3. The second-order valence-electron chi connectivity index (χ2n) is 6.27. The SMILES string of the molecule is CCOC(=O)N1CCN(C(=O)CCN(C(C)=O)c2ccccc2C)CC1. The van der Waals surface area contributed by atoms with Crippen LogP contribution in [-0.4, -0.2) is 67.0 Å². The predicted molar refractivity (Wildman–Crippen MR) is 99.0 cm³/mol. The molecule has 142 valence electrons. The maximum atomic E-state index is 12.5. The van der Waals surface area contributed by atoms with Crippen molar-refractivity contribution in [2.75, 3.05) is 44.2 Å². The van der Waals surface area contributed by atoms with Crippen molar-refractivity contribution in [2.45, 2.75) is 27.2 Å². The second kappa shape index (κ2) is 9.22. The molecule has 0 aromatic heterocycles. The van der Waals surface area contributed by atoms with Crippen LogP contribution < -0.4 is 4.90 Å². The Morgan fingerprint density at radius 2 is 1.69 bits per heavy atom. The first kappa shape index (κ1) is 19.8. The third kappa shape index (κ3) is 4.97. The highest BCUT2D eigenvalue weighted by Crippen LogP contribution is 2.20. The summed E-state index contributed by atoms with van der Waals surface area (Å²) >= 11 is 0. The number of anilines is 1. The van der Waals surface area contributed by atoms with Gasteiger partial charge in [-0.1, -0.05) is 18.2 Å². The van der Waals surface area contributed by atoms with Gasteiger partial charge in [-0.2, -0.15) is 0 Å². The van der Waals surface area contributed by atoms with Gasteiger partial charge in [0.2, 0.25) is 11.8 Å². The molecule has 7 nitrogen and oxygen atoms in total. The number of ether oxygens (including phenoxy) is 1. The molecule has 0 saturated carbocycles. The van der Waals surface area contributed by atoms with Crippen molar-refractivity contribution in [3.05, 3.63) is 29.8 Å². The zero-order valence-electron chi connectivity index (χ0n) is 15.7. The lowest BCUT2D eigenvalue weighted by molar-refractivity contribution is -0.132. The van der Waals surface area contributed by atoms with Gasteiger partial charge in [0.25, 0.3) is 0 Å². The zero-order chi connectivity index (χ0) is 19.1. The van der Waals surface area contributed by atoms with Gasteiger partial charge in [0.15, 0.2) is 0 Å². The van der Waals surface area contributed by atoms with Gasteiger partial charge in [0.1, 0.15) is 0 Å². The largest absolute Gasteiger partial charge is 0.450 e. The number of aryl methyl sites for hydroxylation is 1. The average Bonchev–Trinajstić information content (AvgIpc) is 2.63. The molecule has 0 radical (unpaired) electrons. The van der Waals surface area contributed by atoms with E-state index in [1.54, 1.807) is 21.6 Å². The molecule has 0 N–H and O–H groups in total. The number of benzene rings is 1. The van der Waals surface area contributed by atoms with Crippen LogP contribution in [0.2, 0.25) is 0 Å². The van der Waals surface area contributed by atoms with Gasteiger partial charge in [-0.25, -0.2) is 4.79 Å². The summed E-state index contributed by atoms with van der Waals surface area (Å²) in [6.07, 6.45) is -0.0743. The molecule has 0 bridgehead atoms. The Kier molecular flexibility index (Phi) is 7.00. The third-order valence-electron chi connectivity index (χ3n) is 4.49. The molecule has 1 heterocycles. The molecule has 1 saturated heterocycles. The van der Waals surface area contributed by atoms with Crippen molar-refractivity contribution >= 4 is 23.6 Å². The van der Waals surface area contributed by atoms with E-state index in [1.807, 2.05) is 31.2 Å². The number of rotatable bonds is 5. The molecule has 1 aliphatic heterocycles. The van der Waals surface area contributed by atoms with E-state index in [9.17, 15) is 14.4 Å². The van der Waals surface area contributed by atoms with Crippen molar-refractivity contribution in [1.29, 1.82) is 0 Å². The van der Waals surface area contributed by atoms with Crippen molar-refractivity contribution in [3.63, 3.8) is 0 Å². The fourth-order valence-electron chi connectivity index (χ4n) is 3.03. The van der Waals surface area contributed by atoms with E-state index in [0.29, 0.717) is 39.3 Å². The summed E-state index contributed by atoms with van der Waals surface area (Å²) < 4.78 is 4.98. The van der Waals surface area contributed by atoms with E-state index in [-0.39, 0.29) is 24.3 Å². The van der Waals surface area contributed by atoms with Crippen LogP contribution in [0.15, 0.2) is 24.3 Å². The molecule has 7 heteroatoms. The van der Waals surface area contributed by atoms with Crippen molar-refractivity contribution in [3.8, 4) is 0 Å². The van der Waals surface area contributed by atoms with Crippen LogP contribution in [0.3, 0.4) is 0 Å². The van der Waals surface area contributed by atoms with Crippen molar-refractivity contribution in [2.24, 2.45) is 0 Å². The summed E-state index contributed by atoms with van der Waals surface area (Å²) in [4.78, 5) is 41.2. The zero-order valence-corrected chi connectivity index (χ0v) is 15.7. The monoisotopic (exact) mass is 361 g/mol. The molecule has 2 rings (SSSR count). The van der Waals surface area contributed by atoms with Gasteiger partial charge in [-0.05, 0) is 25.5 Å². The lowest BCUT2D eigenvalue weighted by Crippen LogP contribution is -2.51. The van der Waals surface area contributed by atoms with Gasteiger partial charge in [0, 0.05) is 51.8 Å². The Bertz CT molecular complexity index is 654. The highest BCUT2D eigenvalue weighted by Gasteiger charge is 2.25. The van der Waals surface area contributed by atoms with Crippen LogP contribution in [-0.2, 0) is 14.3 Å². The lowest BCUT2D eigenvalue weighted by atomic mass is 10.1. The molecule has 0 atom stereocenters. The van der Waals surface area contributed by atoms with Gasteiger partial charge in [-0.15, -0.1) is 0 Å². The number of hydrogen-bond acceptors (Lipinski definition) is 4. The topological polar surface area (TPSA) is 70.2 Å². The molecule has 3 amide bonds. The number of amides is 3. The number of carbonyl (C=O) groups excluding carboxylic acids is 3. The quantitative estimate of drug-likeness (QED) is 0.805. The summed E-state index contributed by atoms with van der Waals surface area (Å²) in [6.45, 7) is 7.83. The fraction of sp³-hybridized carbons (Fsp3) is 0.526. The fourth-order valence-corrected chi connectivity index (χ4v) is 3.03. The van der Waals surface area contributed by atoms with Gasteiger partial charge >= 0.3 is 6.09 Å². The Morgan fingerprint density at radius 1 is 1.08 bits per heavy atom. The van der Waals surface area contributed by atoms with Crippen LogP contribution in [0.25, 0.3) is 0 Å². The normalized spacial score (nSPS) is 14.1. The summed E-state index contributed by atoms with van der Waals surface area (Å²) in [7, 11) is 0. The van der Waals surface area contributed by atoms with E-state index in [1.165, 1.54) is 6.92 Å². The first-order valence-electron chi connectivity index (χ1n) is 8.97. The van der Waals surface area contributed by atoms with Crippen LogP contribution in [0, 0.1) is 6.92 Å². The Morgan fingerprint density at radius 3 is 2.27 bits per heavy atom. The summed E-state index contributed by atoms with van der Waals surface area (Å²) in [6, 6.07) is 7.64. The molecule has 1 aromatic carbocycles. The third-order valence-corrected chi connectivity index (χ3v) is 4.49. The minimum Gasteiger partial charge on any atom is -0.450 e. The molecule has 0 aliphatic carbocycles. The summed E-state index contributed by atoms with van der Waals surface area (Å²) in [5.41, 5.74) is 1.83. The predicted octanol–water partition coefficient (Wildman–Crippen LogP) is 2.04. The molecule has 0 spiro atoms. The smallest absolute Gasteiger partial charge is 0.409 e. The molecule has 1 aromatic rings. The minimum absolute atomic E-state index is 0.00616. The van der Waals surface area contributed by atoms with Crippen LogP contribution in [0.5, 0.6) is 0 Å². The van der Waals surface area contributed by atoms with Crippen LogP contribution >= 0.6 is 0 Å². The van der Waals surface area contributed by atoms with Gasteiger partial charge in [0.05, 0.1) is 6.61 Å². The molecule has 0 unspecified atom stereocenters. The molecular weight excluding hydrogens is 334 g/mol. The second-order valence-corrected chi connectivity index (χ2v) is 6.27. The molecule has 26 heavy (non-hydrogen) atoms. The average molecular weight is 361 g/mol. The number of para-hydroxylation sites is 1. The number of carbonyl (C=O) groups is 3. The summed E-state index contributed by atoms with van der Waals surface area (Å²) in [5.74, 6) is -0.0902. The highest BCUT2D eigenvalue weighted by molar-refractivity contribution is 5.93. The Balaban J connectivity index is 1.89. The van der Waals surface area contributed by atoms with Gasteiger partial charge in [-0.3, -0.25) is 9.59 Å². The standard InChI is InChI=1S/C19H27N3O4/c1-4-26-19(25)21-13-11-20(12-14-21)18(24)9-10-22(16(3)23)17-8-6-5-7-15(17)2/h5-8H,4,9-14H2,1-3H3. The Labute approximate surface area is 154 Å². The van der Waals surface area contributed by atoms with Gasteiger partial charge < -0.3 is 19.4 Å². The van der Waals surface area contributed by atoms with E-state index in [0.717, 1.165) is 11.3 Å². The van der Waals surface area contributed by atoms with E-state index < -0.39 is 0 Å². The summed E-state index contributed by atoms with van der Waals surface area (Å²) in [5, 5.41) is 0. The number of hydrogen-bond donors (Lipinski definition) is 0. The highest BCUT2D eigenvalue weighted by atomic mass is 16.6. The molecule has 1 aliphatic rings. The Hall–Kier alpha value is -2.57. The van der Waals surface area contributed by atoms with Crippen molar-refractivity contribution in [1.82, 2.24) is 9.80 Å². The maximum Gasteiger partial charge on any atom is 0.409 e. The van der Waals surface area contributed by atoms with E-state index in [4.69, 9.17) is 4.74 Å². The first-order chi connectivity index (χ1) is 12.4. The van der Waals surface area contributed by atoms with Crippen molar-refractivity contribution < 1.29 is 19.1 Å². The van der Waals surface area contributed by atoms with E-state index >= 15 is 0 Å². The van der Waals surface area contributed by atoms with Crippen LogP contribution in [0.4, 0.5) is 10.5 Å². The van der Waals surface area contributed by atoms with Crippen LogP contribution in [0.1, 0.15) is 25.8 Å².